The largest absolute Gasteiger partial charge is 0.272 e. The highest BCUT2D eigenvalue weighted by Gasteiger charge is 2.13. The van der Waals surface area contributed by atoms with Crippen LogP contribution in [0.4, 0.5) is 0 Å². The van der Waals surface area contributed by atoms with Crippen molar-refractivity contribution in [2.24, 2.45) is 5.92 Å². The lowest BCUT2D eigenvalue weighted by molar-refractivity contribution is 0.220. The van der Waals surface area contributed by atoms with E-state index in [4.69, 9.17) is 0 Å². The van der Waals surface area contributed by atoms with Crippen LogP contribution in [0.15, 0.2) is 0 Å². The highest BCUT2D eigenvalue weighted by atomic mass is 32.2. The van der Waals surface area contributed by atoms with Gasteiger partial charge in [0.25, 0.3) is 11.0 Å². The molecule has 0 spiro atoms. The molecule has 0 N–H and O–H groups in total. The number of hydrogen-bond acceptors (Lipinski definition) is 3. The molecular weight excluding hydrogens is 164 g/mol. The molecule has 1 saturated carbocycles. The van der Waals surface area contributed by atoms with E-state index in [9.17, 15) is 8.42 Å². The van der Waals surface area contributed by atoms with Crippen molar-refractivity contribution in [2.45, 2.75) is 32.1 Å². The minimum absolute atomic E-state index is 0.401. The lowest BCUT2D eigenvalue weighted by Gasteiger charge is -2.19. The monoisotopic (exact) mass is 178 g/mol. The maximum Gasteiger partial charge on any atom is 0.257 e. The van der Waals surface area contributed by atoms with Crippen molar-refractivity contribution in [3.63, 3.8) is 0 Å². The first-order chi connectivity index (χ1) is 5.29. The highest BCUT2D eigenvalue weighted by Crippen LogP contribution is 2.23. The van der Waals surface area contributed by atoms with Crippen molar-refractivity contribution in [3.8, 4) is 0 Å². The number of rotatable bonds is 3. The second kappa shape index (κ2) is 4.72. The van der Waals surface area contributed by atoms with Gasteiger partial charge in [-0.2, -0.15) is 0 Å². The predicted octanol–water partition coefficient (Wildman–Crippen LogP) is 1.11. The van der Waals surface area contributed by atoms with Gasteiger partial charge in [0.1, 0.15) is 0 Å². The van der Waals surface area contributed by atoms with Crippen LogP contribution in [0.1, 0.15) is 32.1 Å². The van der Waals surface area contributed by atoms with Gasteiger partial charge in [0.05, 0.1) is 6.61 Å². The summed E-state index contributed by atoms with van der Waals surface area (Å²) in [6.07, 6.45) is 6.00. The lowest BCUT2D eigenvalue weighted by atomic mass is 9.90. The second-order valence-corrected chi connectivity index (χ2v) is 3.73. The molecule has 0 amide bonds. The van der Waals surface area contributed by atoms with Gasteiger partial charge in [-0.15, -0.1) is 0 Å². The first kappa shape index (κ1) is 9.00. The first-order valence-electron chi connectivity index (χ1n) is 4.06. The van der Waals surface area contributed by atoms with E-state index >= 15 is 0 Å². The topological polar surface area (TPSA) is 43.4 Å². The Morgan fingerprint density at radius 2 is 1.82 bits per heavy atom. The average Bonchev–Trinajstić information content (AvgIpc) is 2.03. The molecule has 66 valence electrons. The summed E-state index contributed by atoms with van der Waals surface area (Å²) in [5, 5.41) is 0. The minimum atomic E-state index is -2.63. The zero-order chi connectivity index (χ0) is 8.10. The molecule has 0 unspecified atom stereocenters. The van der Waals surface area contributed by atoms with Crippen molar-refractivity contribution in [1.82, 2.24) is 0 Å². The van der Waals surface area contributed by atoms with E-state index in [2.05, 4.69) is 4.18 Å². The quantitative estimate of drug-likeness (QED) is 0.658. The molecule has 11 heavy (non-hydrogen) atoms. The van der Waals surface area contributed by atoms with Crippen molar-refractivity contribution in [3.05, 3.63) is 0 Å². The fourth-order valence-corrected chi connectivity index (χ4v) is 1.85. The molecule has 0 bridgehead atoms. The molecule has 0 atom stereocenters. The number of thiol groups is 1. The van der Waals surface area contributed by atoms with Crippen LogP contribution in [-0.4, -0.2) is 15.0 Å². The Kier molecular flexibility index (Phi) is 3.86. The molecule has 0 saturated heterocycles. The summed E-state index contributed by atoms with van der Waals surface area (Å²) in [7, 11) is -2.63. The van der Waals surface area contributed by atoms with E-state index in [1.165, 1.54) is 19.3 Å². The fourth-order valence-electron chi connectivity index (χ4n) is 1.52. The summed E-state index contributed by atoms with van der Waals surface area (Å²) in [5.74, 6) is 0.483. The SMILES string of the molecule is O=[SH](=O)OCC1CCCCC1. The van der Waals surface area contributed by atoms with Crippen LogP contribution >= 0.6 is 0 Å². The Bertz CT molecular complexity index is 163. The summed E-state index contributed by atoms with van der Waals surface area (Å²) in [4.78, 5) is 0. The molecule has 0 aliphatic heterocycles. The molecule has 1 fully saturated rings. The predicted molar refractivity (Wildman–Crippen MR) is 42.8 cm³/mol. The van der Waals surface area contributed by atoms with Crippen molar-refractivity contribution < 1.29 is 12.6 Å². The molecule has 0 radical (unpaired) electrons. The van der Waals surface area contributed by atoms with Crippen LogP contribution in [-0.2, 0) is 15.2 Å². The standard InChI is InChI=1S/C7H14O3S/c8-11(9)10-6-7-4-2-1-3-5-7/h7,11H,1-6H2. The van der Waals surface area contributed by atoms with Gasteiger partial charge in [-0.3, -0.25) is 4.18 Å². The van der Waals surface area contributed by atoms with Crippen molar-refractivity contribution in [1.29, 1.82) is 0 Å². The Balaban J connectivity index is 2.14. The maximum absolute atomic E-state index is 10.1. The Labute approximate surface area is 68.9 Å². The highest BCUT2D eigenvalue weighted by molar-refractivity contribution is 7.67. The van der Waals surface area contributed by atoms with Gasteiger partial charge >= 0.3 is 0 Å². The summed E-state index contributed by atoms with van der Waals surface area (Å²) in [6.45, 7) is 0.401. The molecule has 0 aromatic rings. The van der Waals surface area contributed by atoms with Crippen molar-refractivity contribution in [2.75, 3.05) is 6.61 Å². The van der Waals surface area contributed by atoms with E-state index in [-0.39, 0.29) is 0 Å². The molecular formula is C7H14O3S. The maximum atomic E-state index is 10.1. The van der Waals surface area contributed by atoms with Gasteiger partial charge in [-0.05, 0) is 18.8 Å². The summed E-state index contributed by atoms with van der Waals surface area (Å²) >= 11 is 0. The summed E-state index contributed by atoms with van der Waals surface area (Å²) < 4.78 is 24.6. The van der Waals surface area contributed by atoms with Crippen LogP contribution in [0.3, 0.4) is 0 Å². The van der Waals surface area contributed by atoms with Crippen LogP contribution in [0, 0.1) is 5.92 Å². The summed E-state index contributed by atoms with van der Waals surface area (Å²) in [6, 6.07) is 0. The molecule has 1 aliphatic rings. The third-order valence-electron chi connectivity index (χ3n) is 2.14. The van der Waals surface area contributed by atoms with Gasteiger partial charge in [0.2, 0.25) is 0 Å². The molecule has 4 heteroatoms. The van der Waals surface area contributed by atoms with E-state index in [0.717, 1.165) is 12.8 Å². The number of hydrogen-bond donors (Lipinski definition) is 1. The summed E-state index contributed by atoms with van der Waals surface area (Å²) in [5.41, 5.74) is 0. The third kappa shape index (κ3) is 3.72. The van der Waals surface area contributed by atoms with Gasteiger partial charge in [-0.1, -0.05) is 19.3 Å². The van der Waals surface area contributed by atoms with Crippen LogP contribution in [0.2, 0.25) is 0 Å². The van der Waals surface area contributed by atoms with Crippen LogP contribution in [0.5, 0.6) is 0 Å². The zero-order valence-electron chi connectivity index (χ0n) is 6.49. The molecule has 3 nitrogen and oxygen atoms in total. The molecule has 0 heterocycles. The second-order valence-electron chi connectivity index (χ2n) is 3.02. The van der Waals surface area contributed by atoms with Crippen molar-refractivity contribution >= 4 is 11.0 Å². The lowest BCUT2D eigenvalue weighted by Crippen LogP contribution is -2.12. The van der Waals surface area contributed by atoms with E-state index in [0.29, 0.717) is 12.5 Å². The fraction of sp³-hybridized carbons (Fsp3) is 1.00. The van der Waals surface area contributed by atoms with Gasteiger partial charge in [0.15, 0.2) is 0 Å². The van der Waals surface area contributed by atoms with Gasteiger partial charge in [-0.25, -0.2) is 8.42 Å². The Morgan fingerprint density at radius 3 is 2.36 bits per heavy atom. The molecule has 1 aliphatic carbocycles. The average molecular weight is 178 g/mol. The van der Waals surface area contributed by atoms with Gasteiger partial charge in [0, 0.05) is 0 Å². The van der Waals surface area contributed by atoms with Gasteiger partial charge < -0.3 is 0 Å². The van der Waals surface area contributed by atoms with Crippen LogP contribution in [0.25, 0.3) is 0 Å². The van der Waals surface area contributed by atoms with E-state index < -0.39 is 11.0 Å². The third-order valence-corrected chi connectivity index (χ3v) is 2.50. The Morgan fingerprint density at radius 1 is 1.18 bits per heavy atom. The van der Waals surface area contributed by atoms with Crippen LogP contribution < -0.4 is 0 Å². The minimum Gasteiger partial charge on any atom is -0.272 e. The van der Waals surface area contributed by atoms with E-state index in [1.807, 2.05) is 0 Å². The molecule has 0 aromatic carbocycles. The zero-order valence-corrected chi connectivity index (χ0v) is 7.39. The smallest absolute Gasteiger partial charge is 0.257 e. The Hall–Kier alpha value is -0.0900. The molecule has 1 rings (SSSR count). The normalized spacial score (nSPS) is 20.8. The molecule has 0 aromatic heterocycles. The first-order valence-corrected chi connectivity index (χ1v) is 5.16. The van der Waals surface area contributed by atoms with E-state index in [1.54, 1.807) is 0 Å².